The van der Waals surface area contributed by atoms with E-state index in [0.717, 1.165) is 0 Å². The molecule has 6 nitrogen and oxygen atoms in total. The molecule has 0 aliphatic carbocycles. The molecule has 98 valence electrons. The van der Waals surface area contributed by atoms with Gasteiger partial charge in [-0.3, -0.25) is 0 Å². The monoisotopic (exact) mass is 321 g/mol. The molecule has 0 radical (unpaired) electrons. The third-order valence-corrected chi connectivity index (χ3v) is 2.26. The largest absolute Gasteiger partial charge is 0.435 e. The molecule has 0 amide bonds. The molecule has 1 aromatic carbocycles. The van der Waals surface area contributed by atoms with Crippen molar-refractivity contribution in [1.29, 1.82) is 0 Å². The zero-order valence-electron chi connectivity index (χ0n) is 8.98. The van der Waals surface area contributed by atoms with Crippen molar-refractivity contribution in [3.8, 4) is 5.75 Å². The molecule has 0 spiro atoms. The first kappa shape index (κ1) is 14.2. The number of ether oxygens (including phenoxy) is 1. The van der Waals surface area contributed by atoms with Crippen molar-refractivity contribution in [3.63, 3.8) is 0 Å². The van der Waals surface area contributed by atoms with Gasteiger partial charge in [0.05, 0.1) is 5.69 Å². The predicted molar refractivity (Wildman–Crippen MR) is 67.9 cm³/mol. The molecule has 0 atom stereocenters. The molecule has 0 aliphatic rings. The number of nitrogens with zero attached hydrogens (tertiary/aromatic N) is 2. The molecule has 0 fully saturated rings. The average molecular weight is 322 g/mol. The smallest absolute Gasteiger partial charge is 0.387 e. The molecular formula is C9H10BrF2N5O. The molecule has 0 bridgehead atoms. The van der Waals surface area contributed by atoms with Crippen LogP contribution >= 0.6 is 15.9 Å². The molecule has 0 saturated heterocycles. The number of hydrogen-bond donors (Lipinski definition) is 3. The molecular weight excluding hydrogens is 312 g/mol. The molecule has 0 saturated carbocycles. The highest BCUT2D eigenvalue weighted by Crippen LogP contribution is 2.30. The van der Waals surface area contributed by atoms with Crippen molar-refractivity contribution in [3.05, 3.63) is 22.7 Å². The number of hydrogen-bond acceptors (Lipinski definition) is 2. The highest BCUT2D eigenvalue weighted by Gasteiger charge is 2.07. The Morgan fingerprint density at radius 2 is 1.94 bits per heavy atom. The zero-order valence-corrected chi connectivity index (χ0v) is 10.6. The summed E-state index contributed by atoms with van der Waals surface area (Å²) in [5, 5.41) is 0. The number of alkyl halides is 2. The highest BCUT2D eigenvalue weighted by molar-refractivity contribution is 9.10. The van der Waals surface area contributed by atoms with Gasteiger partial charge in [0.15, 0.2) is 5.96 Å². The quantitative estimate of drug-likeness (QED) is 0.574. The van der Waals surface area contributed by atoms with Crippen LogP contribution in [-0.4, -0.2) is 18.5 Å². The minimum atomic E-state index is -2.89. The molecule has 18 heavy (non-hydrogen) atoms. The first-order valence-electron chi connectivity index (χ1n) is 4.56. The Hall–Kier alpha value is -1.90. The molecule has 9 heteroatoms. The first-order chi connectivity index (χ1) is 8.38. The predicted octanol–water partition coefficient (Wildman–Crippen LogP) is 1.27. The fourth-order valence-electron chi connectivity index (χ4n) is 1.04. The number of halogens is 3. The van der Waals surface area contributed by atoms with Gasteiger partial charge >= 0.3 is 6.61 Å². The Morgan fingerprint density at radius 3 is 2.44 bits per heavy atom. The van der Waals surface area contributed by atoms with Crippen LogP contribution in [0, 0.1) is 0 Å². The fraction of sp³-hybridized carbons (Fsp3) is 0.111. The lowest BCUT2D eigenvalue weighted by atomic mass is 10.3. The third-order valence-electron chi connectivity index (χ3n) is 1.62. The summed E-state index contributed by atoms with van der Waals surface area (Å²) in [6.07, 6.45) is 0. The number of rotatable bonds is 3. The minimum absolute atomic E-state index is 0.00348. The number of aliphatic imine (C=N–C) groups is 2. The lowest BCUT2D eigenvalue weighted by molar-refractivity contribution is -0.0498. The van der Waals surface area contributed by atoms with Crippen LogP contribution in [0.4, 0.5) is 14.5 Å². The van der Waals surface area contributed by atoms with E-state index >= 15 is 0 Å². The van der Waals surface area contributed by atoms with Crippen molar-refractivity contribution >= 4 is 33.5 Å². The summed E-state index contributed by atoms with van der Waals surface area (Å²) in [6.45, 7) is -2.89. The Kier molecular flexibility index (Phi) is 4.84. The Balaban J connectivity index is 2.96. The minimum Gasteiger partial charge on any atom is -0.435 e. The second-order valence-corrected chi connectivity index (χ2v) is 3.85. The van der Waals surface area contributed by atoms with Crippen molar-refractivity contribution < 1.29 is 13.5 Å². The second kappa shape index (κ2) is 6.15. The van der Waals surface area contributed by atoms with Crippen LogP contribution in [0.5, 0.6) is 5.75 Å². The molecule has 0 aromatic heterocycles. The van der Waals surface area contributed by atoms with Crippen LogP contribution in [0.1, 0.15) is 0 Å². The normalized spacial score (nSPS) is 11.4. The molecule has 1 rings (SSSR count). The van der Waals surface area contributed by atoms with Gasteiger partial charge in [-0.15, -0.1) is 0 Å². The summed E-state index contributed by atoms with van der Waals surface area (Å²) in [7, 11) is 0. The van der Waals surface area contributed by atoms with E-state index in [2.05, 4.69) is 30.7 Å². The standard InChI is InChI=1S/C9H10BrF2N5O/c10-5-3-4(18-7(11)12)1-2-6(5)16-9(15)17-8(13)14/h1-3,7H,(H6,13,14,15,16,17). The lowest BCUT2D eigenvalue weighted by Crippen LogP contribution is -2.26. The average Bonchev–Trinajstić information content (AvgIpc) is 2.20. The van der Waals surface area contributed by atoms with E-state index in [1.807, 2.05) is 0 Å². The summed E-state index contributed by atoms with van der Waals surface area (Å²) in [5.74, 6) is -0.389. The molecule has 0 heterocycles. The highest BCUT2D eigenvalue weighted by atomic mass is 79.9. The number of guanidine groups is 2. The summed E-state index contributed by atoms with van der Waals surface area (Å²) in [6, 6.07) is 4.07. The van der Waals surface area contributed by atoms with Gasteiger partial charge in [0.25, 0.3) is 0 Å². The van der Waals surface area contributed by atoms with Crippen molar-refractivity contribution in [2.75, 3.05) is 0 Å². The number of nitrogens with two attached hydrogens (primary N) is 3. The van der Waals surface area contributed by atoms with Crippen LogP contribution < -0.4 is 21.9 Å². The van der Waals surface area contributed by atoms with E-state index in [1.165, 1.54) is 18.2 Å². The van der Waals surface area contributed by atoms with Crippen LogP contribution in [0.25, 0.3) is 0 Å². The van der Waals surface area contributed by atoms with E-state index in [9.17, 15) is 8.78 Å². The van der Waals surface area contributed by atoms with Crippen molar-refractivity contribution in [2.24, 2.45) is 27.2 Å². The van der Waals surface area contributed by atoms with Gasteiger partial charge in [-0.05, 0) is 34.1 Å². The summed E-state index contributed by atoms with van der Waals surface area (Å²) >= 11 is 3.13. The van der Waals surface area contributed by atoms with E-state index in [1.54, 1.807) is 0 Å². The van der Waals surface area contributed by atoms with Gasteiger partial charge in [-0.25, -0.2) is 4.99 Å². The van der Waals surface area contributed by atoms with Crippen LogP contribution in [0.3, 0.4) is 0 Å². The van der Waals surface area contributed by atoms with Gasteiger partial charge in [0, 0.05) is 4.47 Å². The Bertz CT molecular complexity index is 488. The second-order valence-electron chi connectivity index (χ2n) is 3.00. The molecule has 1 aromatic rings. The van der Waals surface area contributed by atoms with Gasteiger partial charge in [0.1, 0.15) is 5.75 Å². The maximum Gasteiger partial charge on any atom is 0.387 e. The summed E-state index contributed by atoms with van der Waals surface area (Å²) < 4.78 is 28.6. The number of benzene rings is 1. The zero-order chi connectivity index (χ0) is 13.7. The van der Waals surface area contributed by atoms with Gasteiger partial charge in [-0.2, -0.15) is 13.8 Å². The van der Waals surface area contributed by atoms with Crippen LogP contribution in [0.2, 0.25) is 0 Å². The van der Waals surface area contributed by atoms with E-state index in [-0.39, 0.29) is 17.7 Å². The fourth-order valence-corrected chi connectivity index (χ4v) is 1.48. The van der Waals surface area contributed by atoms with E-state index in [0.29, 0.717) is 10.2 Å². The van der Waals surface area contributed by atoms with Crippen molar-refractivity contribution in [1.82, 2.24) is 0 Å². The summed E-state index contributed by atoms with van der Waals surface area (Å²) in [4.78, 5) is 7.39. The van der Waals surface area contributed by atoms with Gasteiger partial charge in [0.2, 0.25) is 5.96 Å². The lowest BCUT2D eigenvalue weighted by Gasteiger charge is -2.06. The third kappa shape index (κ3) is 4.53. The first-order valence-corrected chi connectivity index (χ1v) is 5.36. The maximum atomic E-state index is 12.0. The van der Waals surface area contributed by atoms with E-state index < -0.39 is 6.61 Å². The molecule has 0 unspecified atom stereocenters. The van der Waals surface area contributed by atoms with Gasteiger partial charge < -0.3 is 21.9 Å². The van der Waals surface area contributed by atoms with E-state index in [4.69, 9.17) is 17.2 Å². The molecule has 6 N–H and O–H groups in total. The Morgan fingerprint density at radius 1 is 1.28 bits per heavy atom. The van der Waals surface area contributed by atoms with Crippen LogP contribution in [-0.2, 0) is 0 Å². The van der Waals surface area contributed by atoms with Crippen LogP contribution in [0.15, 0.2) is 32.7 Å². The topological polar surface area (TPSA) is 112 Å². The van der Waals surface area contributed by atoms with Gasteiger partial charge in [-0.1, -0.05) is 0 Å². The SMILES string of the molecule is NC(N)=NC(N)=Nc1ccc(OC(F)F)cc1Br. The van der Waals surface area contributed by atoms with Crippen molar-refractivity contribution in [2.45, 2.75) is 6.61 Å². The summed E-state index contributed by atoms with van der Waals surface area (Å²) in [5.41, 5.74) is 16.0. The molecule has 0 aliphatic heterocycles. The maximum absolute atomic E-state index is 12.0. The Labute approximate surface area is 110 Å².